The van der Waals surface area contributed by atoms with Crippen molar-refractivity contribution in [1.82, 2.24) is 0 Å². The Morgan fingerprint density at radius 3 is 2.28 bits per heavy atom. The first-order valence-electron chi connectivity index (χ1n) is 5.81. The maximum atomic E-state index is 5.97. The van der Waals surface area contributed by atoms with E-state index in [0.717, 1.165) is 16.6 Å². The van der Waals surface area contributed by atoms with Crippen LogP contribution in [0, 0.1) is 0 Å². The summed E-state index contributed by atoms with van der Waals surface area (Å²) in [7, 11) is 2.09. The highest BCUT2D eigenvalue weighted by Crippen LogP contribution is 2.24. The van der Waals surface area contributed by atoms with Crippen molar-refractivity contribution >= 4 is 33.2 Å². The zero-order chi connectivity index (χ0) is 13.0. The molecule has 2 rings (SSSR count). The van der Waals surface area contributed by atoms with Crippen molar-refractivity contribution in [2.75, 3.05) is 11.9 Å². The van der Waals surface area contributed by atoms with E-state index < -0.39 is 0 Å². The van der Waals surface area contributed by atoms with Gasteiger partial charge in [-0.3, -0.25) is 0 Å². The fourth-order valence-electron chi connectivity index (χ4n) is 1.96. The summed E-state index contributed by atoms with van der Waals surface area (Å²) in [5.41, 5.74) is 3.61. The molecule has 0 saturated heterocycles. The highest BCUT2D eigenvalue weighted by molar-refractivity contribution is 9.10. The lowest BCUT2D eigenvalue weighted by Crippen LogP contribution is -2.18. The third-order valence-corrected chi connectivity index (χ3v) is 3.97. The lowest BCUT2D eigenvalue weighted by Gasteiger charge is -2.22. The van der Waals surface area contributed by atoms with E-state index in [0.29, 0.717) is 5.88 Å². The lowest BCUT2D eigenvalue weighted by atomic mass is 10.1. The predicted octanol–water partition coefficient (Wildman–Crippen LogP) is 4.82. The van der Waals surface area contributed by atoms with E-state index in [9.17, 15) is 0 Å². The van der Waals surface area contributed by atoms with Crippen molar-refractivity contribution in [3.05, 3.63) is 64.1 Å². The van der Waals surface area contributed by atoms with Crippen molar-refractivity contribution in [2.45, 2.75) is 12.4 Å². The minimum Gasteiger partial charge on any atom is -0.370 e. The molecule has 0 bridgehead atoms. The maximum Gasteiger partial charge on any atom is 0.0494 e. The van der Waals surface area contributed by atoms with Crippen molar-refractivity contribution < 1.29 is 0 Å². The average molecular weight is 325 g/mol. The standard InChI is InChI=1S/C15H15BrClN/c1-18(11-13-7-2-4-8-14(13)16)15-9-5-3-6-12(15)10-17/h2-9H,10-11H2,1H3. The largest absolute Gasteiger partial charge is 0.370 e. The Bertz CT molecular complexity index is 527. The van der Waals surface area contributed by atoms with E-state index in [4.69, 9.17) is 11.6 Å². The third-order valence-electron chi connectivity index (χ3n) is 2.91. The van der Waals surface area contributed by atoms with Crippen molar-refractivity contribution in [3.63, 3.8) is 0 Å². The molecule has 3 heteroatoms. The minimum absolute atomic E-state index is 0.538. The van der Waals surface area contributed by atoms with Gasteiger partial charge in [0.25, 0.3) is 0 Å². The van der Waals surface area contributed by atoms with Crippen LogP contribution in [0.15, 0.2) is 53.0 Å². The number of alkyl halides is 1. The van der Waals surface area contributed by atoms with Crippen LogP contribution in [-0.4, -0.2) is 7.05 Å². The van der Waals surface area contributed by atoms with Gasteiger partial charge in [0.1, 0.15) is 0 Å². The van der Waals surface area contributed by atoms with Gasteiger partial charge < -0.3 is 4.90 Å². The Morgan fingerprint density at radius 1 is 1.00 bits per heavy atom. The average Bonchev–Trinajstić information content (AvgIpc) is 2.41. The zero-order valence-electron chi connectivity index (χ0n) is 10.2. The SMILES string of the molecule is CN(Cc1ccccc1Br)c1ccccc1CCl. The molecule has 94 valence electrons. The van der Waals surface area contributed by atoms with Gasteiger partial charge in [0.2, 0.25) is 0 Å². The molecule has 0 saturated carbocycles. The number of halogens is 2. The van der Waals surface area contributed by atoms with E-state index in [1.54, 1.807) is 0 Å². The summed E-state index contributed by atoms with van der Waals surface area (Å²) in [5, 5.41) is 0. The Hall–Kier alpha value is -0.990. The molecule has 0 spiro atoms. The Labute approximate surface area is 122 Å². The second-order valence-corrected chi connectivity index (χ2v) is 5.33. The van der Waals surface area contributed by atoms with Crippen LogP contribution < -0.4 is 4.90 Å². The monoisotopic (exact) mass is 323 g/mol. The summed E-state index contributed by atoms with van der Waals surface area (Å²) in [6.07, 6.45) is 0. The van der Waals surface area contributed by atoms with Gasteiger partial charge in [0.15, 0.2) is 0 Å². The molecule has 0 aliphatic heterocycles. The van der Waals surface area contributed by atoms with Crippen LogP contribution in [0.5, 0.6) is 0 Å². The fraction of sp³-hybridized carbons (Fsp3) is 0.200. The fourth-order valence-corrected chi connectivity index (χ4v) is 2.60. The van der Waals surface area contributed by atoms with E-state index >= 15 is 0 Å². The van der Waals surface area contributed by atoms with Crippen LogP contribution in [0.25, 0.3) is 0 Å². The normalized spacial score (nSPS) is 10.4. The van der Waals surface area contributed by atoms with Crippen molar-refractivity contribution in [1.29, 1.82) is 0 Å². The van der Waals surface area contributed by atoms with Crippen molar-refractivity contribution in [3.8, 4) is 0 Å². The molecule has 2 aromatic rings. The predicted molar refractivity (Wildman–Crippen MR) is 82.2 cm³/mol. The number of hydrogen-bond donors (Lipinski definition) is 0. The van der Waals surface area contributed by atoms with Gasteiger partial charge in [0.05, 0.1) is 0 Å². The quantitative estimate of drug-likeness (QED) is 0.729. The molecule has 1 nitrogen and oxygen atoms in total. The van der Waals surface area contributed by atoms with Gasteiger partial charge >= 0.3 is 0 Å². The summed E-state index contributed by atoms with van der Waals surface area (Å²) >= 11 is 9.55. The zero-order valence-corrected chi connectivity index (χ0v) is 12.6. The molecule has 0 amide bonds. The number of rotatable bonds is 4. The van der Waals surface area contributed by atoms with Crippen molar-refractivity contribution in [2.24, 2.45) is 0 Å². The van der Waals surface area contributed by atoms with E-state index in [2.05, 4.69) is 58.2 Å². The van der Waals surface area contributed by atoms with Gasteiger partial charge in [-0.1, -0.05) is 52.3 Å². The Kier molecular flexibility index (Phi) is 4.67. The molecule has 18 heavy (non-hydrogen) atoms. The number of anilines is 1. The topological polar surface area (TPSA) is 3.24 Å². The molecule has 0 aromatic heterocycles. The molecule has 0 unspecified atom stereocenters. The third kappa shape index (κ3) is 3.06. The lowest BCUT2D eigenvalue weighted by molar-refractivity contribution is 0.911. The molecular formula is C15H15BrClN. The van der Waals surface area contributed by atoms with Crippen LogP contribution >= 0.6 is 27.5 Å². The summed E-state index contributed by atoms with van der Waals surface area (Å²) in [4.78, 5) is 2.22. The first-order valence-corrected chi connectivity index (χ1v) is 7.13. The molecule has 0 aliphatic rings. The van der Waals surface area contributed by atoms with Gasteiger partial charge in [-0.05, 0) is 23.3 Å². The first kappa shape index (κ1) is 13.4. The van der Waals surface area contributed by atoms with Gasteiger partial charge in [0, 0.05) is 29.6 Å². The summed E-state index contributed by atoms with van der Waals surface area (Å²) in [6.45, 7) is 0.856. The molecule has 0 N–H and O–H groups in total. The minimum atomic E-state index is 0.538. The van der Waals surface area contributed by atoms with Crippen LogP contribution in [0.4, 0.5) is 5.69 Å². The molecule has 0 aliphatic carbocycles. The second-order valence-electron chi connectivity index (χ2n) is 4.21. The molecule has 2 aromatic carbocycles. The van der Waals surface area contributed by atoms with E-state index in [-0.39, 0.29) is 0 Å². The number of hydrogen-bond acceptors (Lipinski definition) is 1. The molecule has 0 atom stereocenters. The van der Waals surface area contributed by atoms with E-state index in [1.165, 1.54) is 11.3 Å². The van der Waals surface area contributed by atoms with Crippen LogP contribution in [0.3, 0.4) is 0 Å². The van der Waals surface area contributed by atoms with E-state index in [1.807, 2.05) is 18.2 Å². The molecular weight excluding hydrogens is 310 g/mol. The Balaban J connectivity index is 2.22. The van der Waals surface area contributed by atoms with Gasteiger partial charge in [-0.15, -0.1) is 11.6 Å². The van der Waals surface area contributed by atoms with Crippen LogP contribution in [0.2, 0.25) is 0 Å². The molecule has 0 heterocycles. The number of nitrogens with zero attached hydrogens (tertiary/aromatic N) is 1. The highest BCUT2D eigenvalue weighted by Gasteiger charge is 2.08. The smallest absolute Gasteiger partial charge is 0.0494 e. The summed E-state index contributed by atoms with van der Waals surface area (Å²) in [5.74, 6) is 0.538. The second kappa shape index (κ2) is 6.26. The first-order chi connectivity index (χ1) is 8.72. The van der Waals surface area contributed by atoms with Crippen LogP contribution in [-0.2, 0) is 12.4 Å². The molecule has 0 radical (unpaired) electrons. The van der Waals surface area contributed by atoms with Crippen LogP contribution in [0.1, 0.15) is 11.1 Å². The molecule has 0 fully saturated rings. The number of benzene rings is 2. The summed E-state index contributed by atoms with van der Waals surface area (Å²) in [6, 6.07) is 16.5. The van der Waals surface area contributed by atoms with Gasteiger partial charge in [-0.25, -0.2) is 0 Å². The number of para-hydroxylation sites is 1. The highest BCUT2D eigenvalue weighted by atomic mass is 79.9. The maximum absolute atomic E-state index is 5.97. The van der Waals surface area contributed by atoms with Gasteiger partial charge in [-0.2, -0.15) is 0 Å². The Morgan fingerprint density at radius 2 is 1.61 bits per heavy atom. The summed E-state index contributed by atoms with van der Waals surface area (Å²) < 4.78 is 1.14.